The van der Waals surface area contributed by atoms with Gasteiger partial charge in [0.15, 0.2) is 0 Å². The minimum Gasteiger partial charge on any atom is -0.382 e. The minimum atomic E-state index is 0.578. The Labute approximate surface area is 125 Å². The summed E-state index contributed by atoms with van der Waals surface area (Å²) >= 11 is 3.19. The van der Waals surface area contributed by atoms with Crippen LogP contribution < -0.4 is 10.6 Å². The van der Waals surface area contributed by atoms with Crippen molar-refractivity contribution in [2.24, 2.45) is 0 Å². The first-order valence-corrected chi connectivity index (χ1v) is 7.80. The number of rotatable bonds is 4. The first-order chi connectivity index (χ1) is 9.75. The third kappa shape index (κ3) is 2.52. The van der Waals surface area contributed by atoms with Crippen molar-refractivity contribution in [2.45, 2.75) is 6.54 Å². The van der Waals surface area contributed by atoms with Gasteiger partial charge in [0.25, 0.3) is 0 Å². The summed E-state index contributed by atoms with van der Waals surface area (Å²) in [5.74, 6) is 0.578. The molecule has 0 spiro atoms. The van der Waals surface area contributed by atoms with Crippen molar-refractivity contribution < 1.29 is 0 Å². The van der Waals surface area contributed by atoms with Crippen LogP contribution in [0.3, 0.4) is 0 Å². The topological polar surface area (TPSA) is 55.0 Å². The van der Waals surface area contributed by atoms with Gasteiger partial charge in [0.05, 0.1) is 12.1 Å². The lowest BCUT2D eigenvalue weighted by Gasteiger charge is -2.17. The Bertz CT molecular complexity index is 677. The largest absolute Gasteiger partial charge is 0.382 e. The molecule has 0 amide bonds. The number of anilines is 2. The molecule has 6 heteroatoms. The summed E-state index contributed by atoms with van der Waals surface area (Å²) in [5.41, 5.74) is 8.09. The highest BCUT2D eigenvalue weighted by Crippen LogP contribution is 2.39. The van der Waals surface area contributed by atoms with Crippen LogP contribution in [0.15, 0.2) is 42.0 Å². The van der Waals surface area contributed by atoms with Gasteiger partial charge in [0.2, 0.25) is 0 Å². The van der Waals surface area contributed by atoms with Crippen molar-refractivity contribution in [3.63, 3.8) is 0 Å². The summed E-state index contributed by atoms with van der Waals surface area (Å²) in [5, 5.41) is 3.18. The molecule has 0 atom stereocenters. The summed E-state index contributed by atoms with van der Waals surface area (Å²) in [7, 11) is 2.07. The fourth-order valence-electron chi connectivity index (χ4n) is 2.05. The Hall–Kier alpha value is -1.92. The Morgan fingerprint density at radius 2 is 2.05 bits per heavy atom. The zero-order valence-electron chi connectivity index (χ0n) is 11.0. The number of hydrogen-bond donors (Lipinski definition) is 1. The van der Waals surface area contributed by atoms with Crippen LogP contribution in [0, 0.1) is 0 Å². The summed E-state index contributed by atoms with van der Waals surface area (Å²) in [4.78, 5) is 7.56. The molecule has 3 aromatic heterocycles. The van der Waals surface area contributed by atoms with E-state index in [9.17, 15) is 0 Å². The van der Waals surface area contributed by atoms with Gasteiger partial charge < -0.3 is 10.6 Å². The first kappa shape index (κ1) is 13.1. The maximum Gasteiger partial charge on any atom is 0.147 e. The van der Waals surface area contributed by atoms with Crippen LogP contribution in [0.1, 0.15) is 4.88 Å². The van der Waals surface area contributed by atoms with E-state index in [2.05, 4.69) is 38.8 Å². The highest BCUT2D eigenvalue weighted by atomic mass is 32.1. The number of nitrogens with zero attached hydrogens (tertiary/aromatic N) is 3. The van der Waals surface area contributed by atoms with Gasteiger partial charge in [-0.25, -0.2) is 0 Å². The van der Waals surface area contributed by atoms with E-state index >= 15 is 0 Å². The number of aromatic nitrogens is 2. The molecule has 0 radical (unpaired) electrons. The lowest BCUT2D eigenvalue weighted by molar-refractivity contribution is 0.954. The van der Waals surface area contributed by atoms with Gasteiger partial charge >= 0.3 is 0 Å². The van der Waals surface area contributed by atoms with E-state index < -0.39 is 0 Å². The SMILES string of the molecule is CN(Cc1cccs1)c1snc(N)c1-c1ccncc1. The van der Waals surface area contributed by atoms with Crippen LogP contribution in [0.5, 0.6) is 0 Å². The summed E-state index contributed by atoms with van der Waals surface area (Å²) < 4.78 is 4.30. The molecule has 0 saturated carbocycles. The molecule has 102 valence electrons. The maximum atomic E-state index is 6.04. The van der Waals surface area contributed by atoms with Crippen molar-refractivity contribution in [2.75, 3.05) is 17.7 Å². The smallest absolute Gasteiger partial charge is 0.147 e. The molecular weight excluding hydrogens is 288 g/mol. The molecule has 2 N–H and O–H groups in total. The Morgan fingerprint density at radius 1 is 1.25 bits per heavy atom. The van der Waals surface area contributed by atoms with Crippen molar-refractivity contribution in [3.8, 4) is 11.1 Å². The molecule has 0 unspecified atom stereocenters. The normalized spacial score (nSPS) is 10.7. The average Bonchev–Trinajstić information content (AvgIpc) is 3.09. The molecule has 0 fully saturated rings. The van der Waals surface area contributed by atoms with Crippen LogP contribution in [0.2, 0.25) is 0 Å². The van der Waals surface area contributed by atoms with E-state index in [4.69, 9.17) is 5.73 Å². The molecule has 0 aromatic carbocycles. The zero-order valence-corrected chi connectivity index (χ0v) is 12.6. The van der Waals surface area contributed by atoms with Crippen LogP contribution >= 0.6 is 22.9 Å². The second kappa shape index (κ2) is 5.60. The van der Waals surface area contributed by atoms with Gasteiger partial charge in [-0.05, 0) is 40.7 Å². The number of hydrogen-bond acceptors (Lipinski definition) is 6. The average molecular weight is 302 g/mol. The third-order valence-electron chi connectivity index (χ3n) is 2.99. The zero-order chi connectivity index (χ0) is 13.9. The van der Waals surface area contributed by atoms with Crippen LogP contribution in [-0.2, 0) is 6.54 Å². The van der Waals surface area contributed by atoms with Crippen molar-refractivity contribution in [1.29, 1.82) is 0 Å². The lowest BCUT2D eigenvalue weighted by atomic mass is 10.1. The predicted octanol–water partition coefficient (Wildman–Crippen LogP) is 3.49. The van der Waals surface area contributed by atoms with Crippen LogP contribution in [0.25, 0.3) is 11.1 Å². The highest BCUT2D eigenvalue weighted by Gasteiger charge is 2.17. The van der Waals surface area contributed by atoms with Crippen LogP contribution in [-0.4, -0.2) is 16.4 Å². The van der Waals surface area contributed by atoms with Crippen molar-refractivity contribution >= 4 is 33.7 Å². The Morgan fingerprint density at radius 3 is 2.75 bits per heavy atom. The fraction of sp³-hybridized carbons (Fsp3) is 0.143. The summed E-state index contributed by atoms with van der Waals surface area (Å²) in [6.45, 7) is 0.859. The first-order valence-electron chi connectivity index (χ1n) is 6.15. The van der Waals surface area contributed by atoms with E-state index in [0.29, 0.717) is 5.82 Å². The highest BCUT2D eigenvalue weighted by molar-refractivity contribution is 7.11. The number of nitrogens with two attached hydrogens (primary N) is 1. The second-order valence-corrected chi connectivity index (χ2v) is 6.20. The molecule has 4 nitrogen and oxygen atoms in total. The molecule has 20 heavy (non-hydrogen) atoms. The summed E-state index contributed by atoms with van der Waals surface area (Å²) in [6, 6.07) is 8.13. The maximum absolute atomic E-state index is 6.04. The molecule has 3 aromatic rings. The molecule has 3 rings (SSSR count). The van der Waals surface area contributed by atoms with Gasteiger partial charge in [-0.3, -0.25) is 4.98 Å². The molecule has 0 aliphatic heterocycles. The minimum absolute atomic E-state index is 0.578. The number of nitrogen functional groups attached to an aromatic ring is 1. The molecule has 3 heterocycles. The molecule has 0 bridgehead atoms. The van der Waals surface area contributed by atoms with E-state index in [0.717, 1.165) is 22.7 Å². The van der Waals surface area contributed by atoms with Gasteiger partial charge in [0, 0.05) is 24.3 Å². The Kier molecular flexibility index (Phi) is 3.66. The molecular formula is C14H14N4S2. The van der Waals surface area contributed by atoms with Gasteiger partial charge in [0.1, 0.15) is 10.8 Å². The Balaban J connectivity index is 1.94. The number of thiophene rings is 1. The molecule has 0 aliphatic rings. The van der Waals surface area contributed by atoms with Crippen LogP contribution in [0.4, 0.5) is 10.8 Å². The van der Waals surface area contributed by atoms with Gasteiger partial charge in [-0.15, -0.1) is 11.3 Å². The van der Waals surface area contributed by atoms with Gasteiger partial charge in [-0.1, -0.05) is 6.07 Å². The fourth-order valence-corrected chi connectivity index (χ4v) is 3.60. The monoisotopic (exact) mass is 302 g/mol. The second-order valence-electron chi connectivity index (χ2n) is 4.42. The van der Waals surface area contributed by atoms with E-state index in [1.54, 1.807) is 23.7 Å². The quantitative estimate of drug-likeness (QED) is 0.801. The van der Waals surface area contributed by atoms with E-state index in [-0.39, 0.29) is 0 Å². The number of pyridine rings is 1. The van der Waals surface area contributed by atoms with Crippen molar-refractivity contribution in [1.82, 2.24) is 9.36 Å². The third-order valence-corrected chi connectivity index (χ3v) is 4.83. The molecule has 0 saturated heterocycles. The van der Waals surface area contributed by atoms with Gasteiger partial charge in [-0.2, -0.15) is 4.37 Å². The lowest BCUT2D eigenvalue weighted by Crippen LogP contribution is -2.15. The van der Waals surface area contributed by atoms with Crippen molar-refractivity contribution in [3.05, 3.63) is 46.9 Å². The van der Waals surface area contributed by atoms with E-state index in [1.165, 1.54) is 16.4 Å². The summed E-state index contributed by atoms with van der Waals surface area (Å²) in [6.07, 6.45) is 3.55. The predicted molar refractivity (Wildman–Crippen MR) is 86.2 cm³/mol. The van der Waals surface area contributed by atoms with E-state index in [1.807, 2.05) is 12.1 Å². The molecule has 0 aliphatic carbocycles. The standard InChI is InChI=1S/C14H14N4S2/c1-18(9-11-3-2-8-19-11)14-12(13(15)17-20-14)10-4-6-16-7-5-10/h2-8H,9H2,1H3,(H2,15,17).